The van der Waals surface area contributed by atoms with Crippen molar-refractivity contribution in [3.05, 3.63) is 65.5 Å². The number of nitrogens with one attached hydrogen (secondary N) is 1. The van der Waals surface area contributed by atoms with E-state index in [0.717, 1.165) is 0 Å². The van der Waals surface area contributed by atoms with E-state index in [1.165, 1.54) is 49.6 Å². The number of sulfonamides is 1. The first-order valence-electron chi connectivity index (χ1n) is 6.80. The molecule has 5 nitrogen and oxygen atoms in total. The molecule has 0 fully saturated rings. The zero-order valence-corrected chi connectivity index (χ0v) is 13.4. The zero-order valence-electron chi connectivity index (χ0n) is 12.6. The van der Waals surface area contributed by atoms with Gasteiger partial charge in [-0.15, -0.1) is 0 Å². The van der Waals surface area contributed by atoms with Gasteiger partial charge >= 0.3 is 5.97 Å². The zero-order chi connectivity index (χ0) is 17.0. The van der Waals surface area contributed by atoms with Gasteiger partial charge in [0, 0.05) is 11.6 Å². The molecule has 2 aromatic carbocycles. The Hall–Kier alpha value is -2.25. The van der Waals surface area contributed by atoms with Crippen LogP contribution in [-0.2, 0) is 14.8 Å². The number of halogens is 1. The third kappa shape index (κ3) is 3.94. The summed E-state index contributed by atoms with van der Waals surface area (Å²) in [6.07, 6.45) is 0. The lowest BCUT2D eigenvalue weighted by Crippen LogP contribution is -2.27. The minimum absolute atomic E-state index is 0.0939. The number of carbonyl (C=O) groups is 1. The second kappa shape index (κ2) is 6.89. The summed E-state index contributed by atoms with van der Waals surface area (Å²) in [6.45, 7) is 1.54. The number of ether oxygens (including phenoxy) is 1. The molecule has 2 rings (SSSR count). The highest BCUT2D eigenvalue weighted by atomic mass is 32.2. The van der Waals surface area contributed by atoms with E-state index in [2.05, 4.69) is 9.46 Å². The van der Waals surface area contributed by atoms with Crippen LogP contribution in [0.1, 0.15) is 28.9 Å². The minimum Gasteiger partial charge on any atom is -0.465 e. The van der Waals surface area contributed by atoms with Crippen molar-refractivity contribution >= 4 is 16.0 Å². The average Bonchev–Trinajstić information content (AvgIpc) is 2.54. The molecule has 0 aliphatic heterocycles. The van der Waals surface area contributed by atoms with Gasteiger partial charge in [-0.1, -0.05) is 24.3 Å². The van der Waals surface area contributed by atoms with Crippen LogP contribution in [-0.4, -0.2) is 21.5 Å². The van der Waals surface area contributed by atoms with E-state index < -0.39 is 27.9 Å². The van der Waals surface area contributed by atoms with Crippen LogP contribution in [0.5, 0.6) is 0 Å². The fourth-order valence-corrected chi connectivity index (χ4v) is 3.37. The maximum Gasteiger partial charge on any atom is 0.337 e. The maximum absolute atomic E-state index is 13.7. The predicted octanol–water partition coefficient (Wildman–Crippen LogP) is 2.65. The lowest BCUT2D eigenvalue weighted by atomic mass is 10.1. The number of esters is 1. The van der Waals surface area contributed by atoms with E-state index >= 15 is 0 Å². The standard InChI is InChI=1S/C16H16FNO4S/c1-11(14-8-3-4-9-15(14)17)18-23(20,21)13-7-5-6-12(10-13)16(19)22-2/h3-11,18H,1-2H3. The fraction of sp³-hybridized carbons (Fsp3) is 0.188. The summed E-state index contributed by atoms with van der Waals surface area (Å²) >= 11 is 0. The third-order valence-electron chi connectivity index (χ3n) is 3.27. The van der Waals surface area contributed by atoms with E-state index in [4.69, 9.17) is 0 Å². The summed E-state index contributed by atoms with van der Waals surface area (Å²) in [7, 11) is -2.70. The van der Waals surface area contributed by atoms with E-state index in [1.54, 1.807) is 13.0 Å². The monoisotopic (exact) mass is 337 g/mol. The molecule has 1 atom stereocenters. The van der Waals surface area contributed by atoms with Crippen molar-refractivity contribution in [2.45, 2.75) is 17.9 Å². The number of methoxy groups -OCH3 is 1. The summed E-state index contributed by atoms with van der Waals surface area (Å²) in [4.78, 5) is 11.4. The van der Waals surface area contributed by atoms with Crippen LogP contribution in [0.3, 0.4) is 0 Å². The number of rotatable bonds is 5. The molecule has 0 aromatic heterocycles. The molecule has 23 heavy (non-hydrogen) atoms. The van der Waals surface area contributed by atoms with Crippen LogP contribution >= 0.6 is 0 Å². The molecule has 0 heterocycles. The Labute approximate surface area is 134 Å². The summed E-state index contributed by atoms with van der Waals surface area (Å²) in [5.74, 6) is -1.13. The Kier molecular flexibility index (Phi) is 5.12. The number of hydrogen-bond acceptors (Lipinski definition) is 4. The first-order chi connectivity index (χ1) is 10.8. The van der Waals surface area contributed by atoms with Gasteiger partial charge in [0.05, 0.1) is 17.6 Å². The van der Waals surface area contributed by atoms with Gasteiger partial charge in [-0.3, -0.25) is 0 Å². The van der Waals surface area contributed by atoms with Crippen molar-refractivity contribution in [1.82, 2.24) is 4.72 Å². The molecule has 122 valence electrons. The van der Waals surface area contributed by atoms with Gasteiger partial charge in [0.2, 0.25) is 10.0 Å². The topological polar surface area (TPSA) is 72.5 Å². The van der Waals surface area contributed by atoms with Gasteiger partial charge in [0.15, 0.2) is 0 Å². The highest BCUT2D eigenvalue weighted by molar-refractivity contribution is 7.89. The molecule has 1 unspecified atom stereocenters. The van der Waals surface area contributed by atoms with E-state index in [0.29, 0.717) is 0 Å². The molecule has 0 saturated heterocycles. The van der Waals surface area contributed by atoms with Crippen LogP contribution in [0.2, 0.25) is 0 Å². The smallest absolute Gasteiger partial charge is 0.337 e. The van der Waals surface area contributed by atoms with Crippen molar-refractivity contribution in [2.75, 3.05) is 7.11 Å². The van der Waals surface area contributed by atoms with Gasteiger partial charge in [-0.2, -0.15) is 0 Å². The number of benzene rings is 2. The highest BCUT2D eigenvalue weighted by Crippen LogP contribution is 2.20. The van der Waals surface area contributed by atoms with Crippen molar-refractivity contribution in [2.24, 2.45) is 0 Å². The Morgan fingerprint density at radius 3 is 2.52 bits per heavy atom. The van der Waals surface area contributed by atoms with Crippen LogP contribution in [0.25, 0.3) is 0 Å². The Bertz CT molecular complexity index is 820. The van der Waals surface area contributed by atoms with E-state index in [1.807, 2.05) is 0 Å². The van der Waals surface area contributed by atoms with Crippen LogP contribution in [0, 0.1) is 5.82 Å². The van der Waals surface area contributed by atoms with Crippen molar-refractivity contribution < 1.29 is 22.3 Å². The van der Waals surface area contributed by atoms with Crippen molar-refractivity contribution in [3.8, 4) is 0 Å². The molecule has 1 N–H and O–H groups in total. The van der Waals surface area contributed by atoms with Crippen LogP contribution in [0.4, 0.5) is 4.39 Å². The molecule has 0 saturated carbocycles. The van der Waals surface area contributed by atoms with Gasteiger partial charge in [-0.05, 0) is 31.2 Å². The predicted molar refractivity (Wildman–Crippen MR) is 82.9 cm³/mol. The fourth-order valence-electron chi connectivity index (χ4n) is 2.10. The van der Waals surface area contributed by atoms with Gasteiger partial charge in [-0.25, -0.2) is 22.3 Å². The summed E-state index contributed by atoms with van der Waals surface area (Å²) < 4.78 is 45.5. The normalized spacial score (nSPS) is 12.7. The van der Waals surface area contributed by atoms with Crippen molar-refractivity contribution in [1.29, 1.82) is 0 Å². The first-order valence-corrected chi connectivity index (χ1v) is 8.28. The first kappa shape index (κ1) is 17.1. The number of hydrogen-bond donors (Lipinski definition) is 1. The van der Waals surface area contributed by atoms with E-state index in [-0.39, 0.29) is 16.0 Å². The molecule has 7 heteroatoms. The summed E-state index contributed by atoms with van der Waals surface area (Å²) in [5, 5.41) is 0. The molecule has 0 radical (unpaired) electrons. The lowest BCUT2D eigenvalue weighted by molar-refractivity contribution is 0.0600. The summed E-state index contributed by atoms with van der Waals surface area (Å²) in [6, 6.07) is 10.6. The molecule has 0 aliphatic carbocycles. The SMILES string of the molecule is COC(=O)c1cccc(S(=O)(=O)NC(C)c2ccccc2F)c1. The van der Waals surface area contributed by atoms with Gasteiger partial charge < -0.3 is 4.74 Å². The molecule has 2 aromatic rings. The Balaban J connectivity index is 2.29. The minimum atomic E-state index is -3.91. The molecule has 0 aliphatic rings. The number of carbonyl (C=O) groups excluding carboxylic acids is 1. The molecular formula is C16H16FNO4S. The maximum atomic E-state index is 13.7. The Morgan fingerprint density at radius 1 is 1.17 bits per heavy atom. The summed E-state index contributed by atoms with van der Waals surface area (Å²) in [5.41, 5.74) is 0.356. The Morgan fingerprint density at radius 2 is 1.87 bits per heavy atom. The second-order valence-corrected chi connectivity index (χ2v) is 6.60. The van der Waals surface area contributed by atoms with E-state index in [9.17, 15) is 17.6 Å². The van der Waals surface area contributed by atoms with Gasteiger partial charge in [0.25, 0.3) is 0 Å². The van der Waals surface area contributed by atoms with Crippen LogP contribution in [0.15, 0.2) is 53.4 Å². The second-order valence-electron chi connectivity index (χ2n) is 4.88. The third-order valence-corrected chi connectivity index (χ3v) is 4.81. The van der Waals surface area contributed by atoms with Gasteiger partial charge in [0.1, 0.15) is 5.82 Å². The van der Waals surface area contributed by atoms with Crippen molar-refractivity contribution in [3.63, 3.8) is 0 Å². The average molecular weight is 337 g/mol. The molecule has 0 spiro atoms. The highest BCUT2D eigenvalue weighted by Gasteiger charge is 2.21. The quantitative estimate of drug-likeness (QED) is 0.852. The molecule has 0 bridgehead atoms. The molecular weight excluding hydrogens is 321 g/mol. The molecule has 0 amide bonds. The largest absolute Gasteiger partial charge is 0.465 e. The lowest BCUT2D eigenvalue weighted by Gasteiger charge is -2.15. The van der Waals surface area contributed by atoms with Crippen LogP contribution < -0.4 is 4.72 Å².